The molecule has 1 unspecified atom stereocenters. The second kappa shape index (κ2) is 6.60. The average molecular weight is 274 g/mol. The van der Waals surface area contributed by atoms with E-state index >= 15 is 0 Å². The van der Waals surface area contributed by atoms with Crippen molar-refractivity contribution >= 4 is 23.2 Å². The van der Waals surface area contributed by atoms with Crippen LogP contribution in [0.4, 0.5) is 0 Å². The molecule has 1 saturated heterocycles. The summed E-state index contributed by atoms with van der Waals surface area (Å²) in [6.07, 6.45) is 3.96. The number of ether oxygens (including phenoxy) is 1. The van der Waals surface area contributed by atoms with E-state index in [1.54, 1.807) is 6.07 Å². The minimum atomic E-state index is 0.349. The fourth-order valence-corrected chi connectivity index (χ4v) is 2.41. The van der Waals surface area contributed by atoms with Gasteiger partial charge in [-0.15, -0.1) is 0 Å². The Morgan fingerprint density at radius 3 is 2.94 bits per heavy atom. The van der Waals surface area contributed by atoms with E-state index in [0.29, 0.717) is 16.1 Å². The first kappa shape index (κ1) is 13.2. The number of halogens is 2. The Morgan fingerprint density at radius 2 is 2.18 bits per heavy atom. The maximum Gasteiger partial charge on any atom is 0.0699 e. The second-order valence-electron chi connectivity index (χ2n) is 4.33. The van der Waals surface area contributed by atoms with Gasteiger partial charge in [0.2, 0.25) is 0 Å². The van der Waals surface area contributed by atoms with Crippen LogP contribution in [0.5, 0.6) is 0 Å². The molecule has 1 aliphatic rings. The first-order valence-corrected chi connectivity index (χ1v) is 6.78. The van der Waals surface area contributed by atoms with E-state index in [1.165, 1.54) is 12.8 Å². The van der Waals surface area contributed by atoms with Gasteiger partial charge in [0.1, 0.15) is 0 Å². The van der Waals surface area contributed by atoms with Crippen LogP contribution in [0.25, 0.3) is 0 Å². The highest BCUT2D eigenvalue weighted by atomic mass is 35.5. The first-order valence-electron chi connectivity index (χ1n) is 6.02. The second-order valence-corrected chi connectivity index (χ2v) is 5.12. The predicted molar refractivity (Wildman–Crippen MR) is 71.8 cm³/mol. The summed E-state index contributed by atoms with van der Waals surface area (Å²) < 4.78 is 5.65. The summed E-state index contributed by atoms with van der Waals surface area (Å²) in [5, 5.41) is 4.63. The largest absolute Gasteiger partial charge is 0.377 e. The summed E-state index contributed by atoms with van der Waals surface area (Å²) in [6.45, 7) is 2.51. The van der Waals surface area contributed by atoms with Crippen molar-refractivity contribution in [3.63, 3.8) is 0 Å². The number of hydrogen-bond donors (Lipinski definition) is 1. The third-order valence-electron chi connectivity index (χ3n) is 2.99. The highest BCUT2D eigenvalue weighted by Crippen LogP contribution is 2.25. The van der Waals surface area contributed by atoms with Crippen molar-refractivity contribution in [1.82, 2.24) is 5.32 Å². The van der Waals surface area contributed by atoms with E-state index < -0.39 is 0 Å². The molecular weight excluding hydrogens is 257 g/mol. The molecule has 17 heavy (non-hydrogen) atoms. The lowest BCUT2D eigenvalue weighted by molar-refractivity contribution is 0.0168. The standard InChI is InChI=1S/C13H17Cl2NO/c14-12-6-3-4-10(13(12)15)8-16-9-11-5-1-2-7-17-11/h3-4,6,11,16H,1-2,5,7-9H2. The fraction of sp³-hybridized carbons (Fsp3) is 0.538. The van der Waals surface area contributed by atoms with Crippen LogP contribution in [0.1, 0.15) is 24.8 Å². The summed E-state index contributed by atoms with van der Waals surface area (Å²) in [5.41, 5.74) is 1.04. The molecule has 2 nitrogen and oxygen atoms in total. The summed E-state index contributed by atoms with van der Waals surface area (Å²) in [6, 6.07) is 5.71. The summed E-state index contributed by atoms with van der Waals surface area (Å²) in [4.78, 5) is 0. The zero-order valence-corrected chi connectivity index (χ0v) is 11.2. The SMILES string of the molecule is Clc1cccc(CNCC2CCCCO2)c1Cl. The average Bonchev–Trinajstić information content (AvgIpc) is 2.36. The molecule has 94 valence electrons. The molecule has 1 aromatic carbocycles. The predicted octanol–water partition coefficient (Wildman–Crippen LogP) is 3.65. The number of hydrogen-bond acceptors (Lipinski definition) is 2. The first-order chi connectivity index (χ1) is 8.27. The van der Waals surface area contributed by atoms with Crippen LogP contribution in [0.3, 0.4) is 0 Å². The van der Waals surface area contributed by atoms with E-state index in [2.05, 4.69) is 5.32 Å². The van der Waals surface area contributed by atoms with Crippen LogP contribution in [0, 0.1) is 0 Å². The Balaban J connectivity index is 1.79. The van der Waals surface area contributed by atoms with Crippen molar-refractivity contribution < 1.29 is 4.74 Å². The molecule has 1 aromatic rings. The minimum Gasteiger partial charge on any atom is -0.377 e. The van der Waals surface area contributed by atoms with Crippen molar-refractivity contribution in [2.45, 2.75) is 31.9 Å². The molecule has 0 radical (unpaired) electrons. The number of nitrogens with one attached hydrogen (secondary N) is 1. The minimum absolute atomic E-state index is 0.349. The van der Waals surface area contributed by atoms with E-state index in [-0.39, 0.29) is 0 Å². The van der Waals surface area contributed by atoms with Crippen molar-refractivity contribution in [2.75, 3.05) is 13.2 Å². The van der Waals surface area contributed by atoms with E-state index in [1.807, 2.05) is 12.1 Å². The van der Waals surface area contributed by atoms with Gasteiger partial charge < -0.3 is 10.1 Å². The van der Waals surface area contributed by atoms with Gasteiger partial charge in [0.05, 0.1) is 16.1 Å². The van der Waals surface area contributed by atoms with Crippen LogP contribution in [0.2, 0.25) is 10.0 Å². The molecule has 0 aromatic heterocycles. The molecular formula is C13H17Cl2NO. The molecule has 0 bridgehead atoms. The molecule has 1 heterocycles. The number of rotatable bonds is 4. The lowest BCUT2D eigenvalue weighted by Crippen LogP contribution is -2.31. The molecule has 0 spiro atoms. The van der Waals surface area contributed by atoms with Gasteiger partial charge in [-0.1, -0.05) is 35.3 Å². The Hall–Kier alpha value is -0.280. The third-order valence-corrected chi connectivity index (χ3v) is 3.85. The third kappa shape index (κ3) is 3.85. The molecule has 1 fully saturated rings. The van der Waals surface area contributed by atoms with Gasteiger partial charge in [0.15, 0.2) is 0 Å². The van der Waals surface area contributed by atoms with E-state index in [4.69, 9.17) is 27.9 Å². The van der Waals surface area contributed by atoms with Gasteiger partial charge in [-0.25, -0.2) is 0 Å². The molecule has 1 aliphatic heterocycles. The Kier molecular flexibility index (Phi) is 5.11. The normalized spacial score (nSPS) is 20.5. The highest BCUT2D eigenvalue weighted by molar-refractivity contribution is 6.42. The van der Waals surface area contributed by atoms with Crippen LogP contribution >= 0.6 is 23.2 Å². The summed E-state index contributed by atoms with van der Waals surface area (Å²) >= 11 is 12.1. The zero-order valence-electron chi connectivity index (χ0n) is 9.72. The van der Waals surface area contributed by atoms with Crippen molar-refractivity contribution in [2.24, 2.45) is 0 Å². The highest BCUT2D eigenvalue weighted by Gasteiger charge is 2.13. The van der Waals surface area contributed by atoms with Gasteiger partial charge in [-0.05, 0) is 30.9 Å². The fourth-order valence-electron chi connectivity index (χ4n) is 2.02. The molecule has 2 rings (SSSR count). The molecule has 1 atom stereocenters. The molecule has 1 N–H and O–H groups in total. The smallest absolute Gasteiger partial charge is 0.0699 e. The Bertz CT molecular complexity index is 364. The van der Waals surface area contributed by atoms with Crippen molar-refractivity contribution in [3.8, 4) is 0 Å². The molecule has 0 aliphatic carbocycles. The van der Waals surface area contributed by atoms with Gasteiger partial charge in [0, 0.05) is 19.7 Å². The topological polar surface area (TPSA) is 21.3 Å². The quantitative estimate of drug-likeness (QED) is 0.904. The van der Waals surface area contributed by atoms with Crippen LogP contribution in [-0.4, -0.2) is 19.3 Å². The van der Waals surface area contributed by atoms with Crippen molar-refractivity contribution in [1.29, 1.82) is 0 Å². The lowest BCUT2D eigenvalue weighted by Gasteiger charge is -2.22. The van der Waals surface area contributed by atoms with E-state index in [0.717, 1.165) is 31.7 Å². The van der Waals surface area contributed by atoms with Crippen LogP contribution in [0.15, 0.2) is 18.2 Å². The van der Waals surface area contributed by atoms with Gasteiger partial charge >= 0.3 is 0 Å². The Labute approximate surface area is 112 Å². The van der Waals surface area contributed by atoms with Gasteiger partial charge in [-0.2, -0.15) is 0 Å². The zero-order chi connectivity index (χ0) is 12.1. The number of benzene rings is 1. The lowest BCUT2D eigenvalue weighted by atomic mass is 10.1. The summed E-state index contributed by atoms with van der Waals surface area (Å²) in [5.74, 6) is 0. The van der Waals surface area contributed by atoms with E-state index in [9.17, 15) is 0 Å². The van der Waals surface area contributed by atoms with Crippen LogP contribution in [-0.2, 0) is 11.3 Å². The molecule has 0 saturated carbocycles. The monoisotopic (exact) mass is 273 g/mol. The molecule has 0 amide bonds. The van der Waals surface area contributed by atoms with Gasteiger partial charge in [0.25, 0.3) is 0 Å². The van der Waals surface area contributed by atoms with Gasteiger partial charge in [-0.3, -0.25) is 0 Å². The maximum absolute atomic E-state index is 6.11. The maximum atomic E-state index is 6.11. The van der Waals surface area contributed by atoms with Crippen LogP contribution < -0.4 is 5.32 Å². The summed E-state index contributed by atoms with van der Waals surface area (Å²) in [7, 11) is 0. The Morgan fingerprint density at radius 1 is 1.29 bits per heavy atom. The van der Waals surface area contributed by atoms with Crippen molar-refractivity contribution in [3.05, 3.63) is 33.8 Å². The molecule has 4 heteroatoms.